The van der Waals surface area contributed by atoms with E-state index in [4.69, 9.17) is 0 Å². The maximum absolute atomic E-state index is 2.45. The van der Waals surface area contributed by atoms with Crippen molar-refractivity contribution in [2.75, 3.05) is 0 Å². The third kappa shape index (κ3) is 3.03. The van der Waals surface area contributed by atoms with Gasteiger partial charge in [0, 0.05) is 0 Å². The molecule has 0 heterocycles. The summed E-state index contributed by atoms with van der Waals surface area (Å²) in [5.41, 5.74) is 0.553. The van der Waals surface area contributed by atoms with Gasteiger partial charge in [-0.25, -0.2) is 0 Å². The van der Waals surface area contributed by atoms with Gasteiger partial charge in [-0.15, -0.1) is 0 Å². The zero-order valence-corrected chi connectivity index (χ0v) is 13.5. The summed E-state index contributed by atoms with van der Waals surface area (Å²) < 4.78 is 0. The molecule has 0 radical (unpaired) electrons. The van der Waals surface area contributed by atoms with E-state index < -0.39 is 0 Å². The second kappa shape index (κ2) is 5.41. The van der Waals surface area contributed by atoms with Gasteiger partial charge >= 0.3 is 0 Å². The Kier molecular flexibility index (Phi) is 3.98. The number of hydrogen-bond donors (Lipinski definition) is 0. The van der Waals surface area contributed by atoms with E-state index in [2.05, 4.69) is 20.8 Å². The Morgan fingerprint density at radius 3 is 2.37 bits per heavy atom. The molecule has 0 aliphatic heterocycles. The van der Waals surface area contributed by atoms with Crippen LogP contribution < -0.4 is 0 Å². The summed E-state index contributed by atoms with van der Waals surface area (Å²) in [6.45, 7) is 7.35. The van der Waals surface area contributed by atoms with E-state index in [-0.39, 0.29) is 0 Å². The summed E-state index contributed by atoms with van der Waals surface area (Å²) in [4.78, 5) is 0. The van der Waals surface area contributed by atoms with Crippen LogP contribution in [0.3, 0.4) is 0 Å². The van der Waals surface area contributed by atoms with Crippen LogP contribution in [-0.4, -0.2) is 0 Å². The van der Waals surface area contributed by atoms with Crippen molar-refractivity contribution >= 4 is 0 Å². The Balaban J connectivity index is 1.52. The largest absolute Gasteiger partial charge is 0.0599 e. The molecule has 3 aliphatic carbocycles. The minimum absolute atomic E-state index is 0.553. The number of fused-ring (bicyclic) bond motifs is 1. The minimum Gasteiger partial charge on any atom is -0.0599 e. The predicted octanol–water partition coefficient (Wildman–Crippen LogP) is 6.06. The molecule has 5 unspecified atom stereocenters. The van der Waals surface area contributed by atoms with E-state index in [0.29, 0.717) is 5.41 Å². The molecule has 0 spiro atoms. The van der Waals surface area contributed by atoms with Crippen LogP contribution >= 0.6 is 0 Å². The maximum atomic E-state index is 2.45. The summed E-state index contributed by atoms with van der Waals surface area (Å²) in [5, 5.41) is 0. The third-order valence-electron chi connectivity index (χ3n) is 6.88. The van der Waals surface area contributed by atoms with Gasteiger partial charge in [0.1, 0.15) is 0 Å². The van der Waals surface area contributed by atoms with E-state index >= 15 is 0 Å². The molecule has 110 valence electrons. The van der Waals surface area contributed by atoms with Crippen molar-refractivity contribution in [1.82, 2.24) is 0 Å². The van der Waals surface area contributed by atoms with Gasteiger partial charge in [0.05, 0.1) is 0 Å². The quantitative estimate of drug-likeness (QED) is 0.568. The van der Waals surface area contributed by atoms with Gasteiger partial charge in [-0.1, -0.05) is 46.5 Å². The lowest BCUT2D eigenvalue weighted by Gasteiger charge is -2.31. The molecule has 3 aliphatic rings. The van der Waals surface area contributed by atoms with Gasteiger partial charge in [-0.2, -0.15) is 0 Å². The van der Waals surface area contributed by atoms with Crippen molar-refractivity contribution in [1.29, 1.82) is 0 Å². The predicted molar refractivity (Wildman–Crippen MR) is 83.1 cm³/mol. The molecule has 5 atom stereocenters. The zero-order chi connectivity index (χ0) is 13.5. The zero-order valence-electron chi connectivity index (χ0n) is 13.5. The van der Waals surface area contributed by atoms with Crippen molar-refractivity contribution in [2.45, 2.75) is 85.0 Å². The highest BCUT2D eigenvalue weighted by Gasteiger charge is 2.40. The standard InChI is InChI=1S/C19H34/c1-19(2,3)17-11-8-14(13-17)12-16-10-9-15-6-4-5-7-18(15)16/h14-18H,4-13H2,1-3H3. The van der Waals surface area contributed by atoms with Gasteiger partial charge < -0.3 is 0 Å². The molecule has 0 N–H and O–H groups in total. The Morgan fingerprint density at radius 2 is 1.63 bits per heavy atom. The second-order valence-electron chi connectivity index (χ2n) is 9.02. The van der Waals surface area contributed by atoms with Crippen LogP contribution in [0.4, 0.5) is 0 Å². The summed E-state index contributed by atoms with van der Waals surface area (Å²) in [7, 11) is 0. The van der Waals surface area contributed by atoms with E-state index in [1.54, 1.807) is 32.1 Å². The second-order valence-corrected chi connectivity index (χ2v) is 9.02. The molecule has 0 aromatic carbocycles. The average molecular weight is 262 g/mol. The molecular formula is C19H34. The van der Waals surface area contributed by atoms with E-state index in [0.717, 1.165) is 29.6 Å². The van der Waals surface area contributed by atoms with Crippen LogP contribution in [-0.2, 0) is 0 Å². The molecule has 0 bridgehead atoms. The molecule has 0 nitrogen and oxygen atoms in total. The van der Waals surface area contributed by atoms with Crippen molar-refractivity contribution in [3.8, 4) is 0 Å². The van der Waals surface area contributed by atoms with E-state index in [1.807, 2.05) is 0 Å². The fraction of sp³-hybridized carbons (Fsp3) is 1.00. The van der Waals surface area contributed by atoms with Crippen molar-refractivity contribution in [3.05, 3.63) is 0 Å². The third-order valence-corrected chi connectivity index (χ3v) is 6.88. The summed E-state index contributed by atoms with van der Waals surface area (Å²) in [6, 6.07) is 0. The van der Waals surface area contributed by atoms with Crippen LogP contribution in [0.15, 0.2) is 0 Å². The molecule has 0 saturated heterocycles. The maximum Gasteiger partial charge on any atom is -0.0354 e. The SMILES string of the molecule is CC(C)(C)C1CCC(CC2CCC3CCCCC32)C1. The fourth-order valence-electron chi connectivity index (χ4n) is 5.65. The van der Waals surface area contributed by atoms with Crippen LogP contribution in [0.1, 0.15) is 85.0 Å². The first kappa shape index (κ1) is 14.0. The average Bonchev–Trinajstić information content (AvgIpc) is 2.97. The molecule has 3 saturated carbocycles. The summed E-state index contributed by atoms with van der Waals surface area (Å²) in [6.07, 6.45) is 15.5. The Morgan fingerprint density at radius 1 is 0.842 bits per heavy atom. The lowest BCUT2D eigenvalue weighted by atomic mass is 9.74. The van der Waals surface area contributed by atoms with Gasteiger partial charge in [0.2, 0.25) is 0 Å². The molecule has 0 aromatic heterocycles. The summed E-state index contributed by atoms with van der Waals surface area (Å²) in [5.74, 6) is 5.48. The number of rotatable bonds is 2. The first-order valence-electron chi connectivity index (χ1n) is 9.04. The van der Waals surface area contributed by atoms with Gasteiger partial charge in [0.15, 0.2) is 0 Å². The smallest absolute Gasteiger partial charge is 0.0354 e. The van der Waals surface area contributed by atoms with E-state index in [1.165, 1.54) is 32.1 Å². The van der Waals surface area contributed by atoms with E-state index in [9.17, 15) is 0 Å². The Hall–Kier alpha value is 0. The highest BCUT2D eigenvalue weighted by atomic mass is 14.5. The van der Waals surface area contributed by atoms with Crippen LogP contribution in [0.25, 0.3) is 0 Å². The van der Waals surface area contributed by atoms with Crippen LogP contribution in [0.2, 0.25) is 0 Å². The fourth-order valence-corrected chi connectivity index (χ4v) is 5.65. The highest BCUT2D eigenvalue weighted by molar-refractivity contribution is 4.91. The molecule has 0 heteroatoms. The lowest BCUT2D eigenvalue weighted by molar-refractivity contribution is 0.194. The summed E-state index contributed by atoms with van der Waals surface area (Å²) >= 11 is 0. The monoisotopic (exact) mass is 262 g/mol. The molecule has 0 amide bonds. The topological polar surface area (TPSA) is 0 Å². The molecule has 3 rings (SSSR count). The molecule has 3 fully saturated rings. The molecular weight excluding hydrogens is 228 g/mol. The Labute approximate surface area is 120 Å². The van der Waals surface area contributed by atoms with Gasteiger partial charge in [0.25, 0.3) is 0 Å². The first-order valence-corrected chi connectivity index (χ1v) is 9.04. The first-order chi connectivity index (χ1) is 9.04. The van der Waals surface area contributed by atoms with Crippen LogP contribution in [0, 0.1) is 35.0 Å². The normalized spacial score (nSPS) is 43.4. The van der Waals surface area contributed by atoms with Gasteiger partial charge in [-0.05, 0) is 73.5 Å². The van der Waals surface area contributed by atoms with Crippen molar-refractivity contribution in [3.63, 3.8) is 0 Å². The molecule has 0 aromatic rings. The lowest BCUT2D eigenvalue weighted by Crippen LogP contribution is -2.21. The van der Waals surface area contributed by atoms with Gasteiger partial charge in [-0.3, -0.25) is 0 Å². The Bertz CT molecular complexity index is 298. The number of hydrogen-bond acceptors (Lipinski definition) is 0. The minimum atomic E-state index is 0.553. The molecule has 19 heavy (non-hydrogen) atoms. The van der Waals surface area contributed by atoms with Crippen LogP contribution in [0.5, 0.6) is 0 Å². The van der Waals surface area contributed by atoms with Crippen molar-refractivity contribution in [2.24, 2.45) is 35.0 Å². The van der Waals surface area contributed by atoms with Crippen molar-refractivity contribution < 1.29 is 0 Å². The highest BCUT2D eigenvalue weighted by Crippen LogP contribution is 2.51.